The molecule has 0 radical (unpaired) electrons. The van der Waals surface area contributed by atoms with Gasteiger partial charge in [0.2, 0.25) is 0 Å². The molecular formula is C15H20BN3O2. The van der Waals surface area contributed by atoms with Gasteiger partial charge in [-0.1, -0.05) is 13.1 Å². The summed E-state index contributed by atoms with van der Waals surface area (Å²) in [5.74, 6) is 2.91. The van der Waals surface area contributed by atoms with Crippen LogP contribution >= 0.6 is 0 Å². The summed E-state index contributed by atoms with van der Waals surface area (Å²) in [5.41, 5.74) is 2.50. The molecule has 1 N–H and O–H groups in total. The zero-order chi connectivity index (χ0) is 15.7. The fourth-order valence-electron chi connectivity index (χ4n) is 1.86. The molecule has 0 spiro atoms. The second kappa shape index (κ2) is 8.80. The standard InChI is InChI=1S/C15H20BN3O2/c1-12(10-20)14(4-6-16(2)11-17)19-8-13-5-7-18-9-15(13)21-3/h5,7,9-10,19H,4,6,8H2,1-3H3/b14-12+. The third-order valence-corrected chi connectivity index (χ3v) is 3.28. The van der Waals surface area contributed by atoms with Gasteiger partial charge in [-0.3, -0.25) is 9.78 Å². The highest BCUT2D eigenvalue weighted by Crippen LogP contribution is 2.17. The Morgan fingerprint density at radius 2 is 2.38 bits per heavy atom. The first-order chi connectivity index (χ1) is 10.1. The molecule has 0 saturated heterocycles. The maximum Gasteiger partial charge on any atom is 0.265 e. The van der Waals surface area contributed by atoms with Crippen LogP contribution in [0.5, 0.6) is 5.75 Å². The summed E-state index contributed by atoms with van der Waals surface area (Å²) in [6, 6.07) is 1.87. The number of nitrogens with one attached hydrogen (secondary N) is 1. The number of allylic oxidation sites excluding steroid dienone is 2. The lowest BCUT2D eigenvalue weighted by Gasteiger charge is -2.14. The Bertz CT molecular complexity index is 552. The lowest BCUT2D eigenvalue weighted by Crippen LogP contribution is -2.17. The maximum absolute atomic E-state index is 11.0. The fraction of sp³-hybridized carbons (Fsp3) is 0.400. The monoisotopic (exact) mass is 285 g/mol. The molecule has 21 heavy (non-hydrogen) atoms. The van der Waals surface area contributed by atoms with E-state index in [1.54, 1.807) is 26.4 Å². The molecule has 110 valence electrons. The van der Waals surface area contributed by atoms with Crippen molar-refractivity contribution in [3.8, 4) is 11.7 Å². The molecule has 1 aromatic rings. The minimum absolute atomic E-state index is 0.0308. The second-order valence-electron chi connectivity index (χ2n) is 4.89. The molecule has 6 heteroatoms. The van der Waals surface area contributed by atoms with Crippen molar-refractivity contribution in [2.45, 2.75) is 33.0 Å². The lowest BCUT2D eigenvalue weighted by atomic mass is 9.50. The summed E-state index contributed by atoms with van der Waals surface area (Å²) >= 11 is 0. The molecule has 0 fully saturated rings. The number of pyridine rings is 1. The lowest BCUT2D eigenvalue weighted by molar-refractivity contribution is -0.104. The van der Waals surface area contributed by atoms with E-state index in [4.69, 9.17) is 10.00 Å². The first-order valence-corrected chi connectivity index (χ1v) is 6.87. The first-order valence-electron chi connectivity index (χ1n) is 6.87. The summed E-state index contributed by atoms with van der Waals surface area (Å²) in [6.07, 6.45) is 5.59. The largest absolute Gasteiger partial charge is 0.495 e. The van der Waals surface area contributed by atoms with Crippen molar-refractivity contribution in [2.24, 2.45) is 0 Å². The van der Waals surface area contributed by atoms with Crippen molar-refractivity contribution in [3.63, 3.8) is 0 Å². The van der Waals surface area contributed by atoms with E-state index in [0.29, 0.717) is 24.3 Å². The van der Waals surface area contributed by atoms with Gasteiger partial charge >= 0.3 is 0 Å². The summed E-state index contributed by atoms with van der Waals surface area (Å²) < 4.78 is 5.25. The highest BCUT2D eigenvalue weighted by atomic mass is 16.5. The molecule has 1 rings (SSSR count). The van der Waals surface area contributed by atoms with Crippen molar-refractivity contribution in [2.75, 3.05) is 7.11 Å². The van der Waals surface area contributed by atoms with Crippen LogP contribution in [-0.2, 0) is 11.3 Å². The van der Waals surface area contributed by atoms with Crippen LogP contribution in [0.1, 0.15) is 18.9 Å². The molecule has 0 amide bonds. The molecule has 0 aliphatic carbocycles. The number of ether oxygens (including phenoxy) is 1. The summed E-state index contributed by atoms with van der Waals surface area (Å²) in [5, 5.41) is 12.1. The van der Waals surface area contributed by atoms with Gasteiger partial charge in [-0.05, 0) is 19.4 Å². The Hall–Kier alpha value is -2.29. The Morgan fingerprint density at radius 1 is 1.62 bits per heavy atom. The van der Waals surface area contributed by atoms with Gasteiger partial charge in [0.05, 0.1) is 13.3 Å². The molecular weight excluding hydrogens is 265 g/mol. The number of aldehydes is 1. The Labute approximate surface area is 126 Å². The molecule has 0 aromatic carbocycles. The average molecular weight is 285 g/mol. The second-order valence-corrected chi connectivity index (χ2v) is 4.89. The van der Waals surface area contributed by atoms with Gasteiger partial charge in [0.1, 0.15) is 12.0 Å². The molecule has 0 saturated carbocycles. The van der Waals surface area contributed by atoms with E-state index in [1.165, 1.54) is 0 Å². The van der Waals surface area contributed by atoms with Crippen LogP contribution in [-0.4, -0.2) is 25.1 Å². The van der Waals surface area contributed by atoms with Crippen LogP contribution in [0.4, 0.5) is 0 Å². The predicted octanol–water partition coefficient (Wildman–Crippen LogP) is 2.23. The SMILES string of the molecule is COc1cnccc1CN/C(CCB(C)C#N)=C(\C)C=O. The third-order valence-electron chi connectivity index (χ3n) is 3.28. The van der Waals surface area contributed by atoms with Gasteiger partial charge in [-0.15, -0.1) is 0 Å². The number of nitriles is 1. The molecule has 5 nitrogen and oxygen atoms in total. The number of nitrogens with zero attached hydrogens (tertiary/aromatic N) is 2. The van der Waals surface area contributed by atoms with Crippen molar-refractivity contribution in [1.82, 2.24) is 10.3 Å². The Balaban J connectivity index is 2.75. The van der Waals surface area contributed by atoms with E-state index >= 15 is 0 Å². The predicted molar refractivity (Wildman–Crippen MR) is 83.0 cm³/mol. The van der Waals surface area contributed by atoms with E-state index in [1.807, 2.05) is 12.9 Å². The van der Waals surface area contributed by atoms with Crippen LogP contribution < -0.4 is 10.1 Å². The summed E-state index contributed by atoms with van der Waals surface area (Å²) in [4.78, 5) is 15.0. The highest BCUT2D eigenvalue weighted by molar-refractivity contribution is 6.65. The van der Waals surface area contributed by atoms with Crippen LogP contribution in [0.15, 0.2) is 29.7 Å². The van der Waals surface area contributed by atoms with E-state index in [0.717, 1.165) is 23.9 Å². The minimum atomic E-state index is -0.0308. The molecule has 0 unspecified atom stereocenters. The van der Waals surface area contributed by atoms with Gasteiger partial charge in [0.25, 0.3) is 6.71 Å². The Kier molecular flexibility index (Phi) is 7.03. The summed E-state index contributed by atoms with van der Waals surface area (Å²) in [6.45, 7) is 4.17. The number of carbonyl (C=O) groups excluding carboxylic acids is 1. The van der Waals surface area contributed by atoms with E-state index in [2.05, 4.69) is 16.3 Å². The Morgan fingerprint density at radius 3 is 3.00 bits per heavy atom. The number of rotatable bonds is 8. The smallest absolute Gasteiger partial charge is 0.265 e. The van der Waals surface area contributed by atoms with Crippen LogP contribution in [0.2, 0.25) is 13.1 Å². The van der Waals surface area contributed by atoms with E-state index in [9.17, 15) is 4.79 Å². The normalized spacial score (nSPS) is 11.1. The average Bonchev–Trinajstić information content (AvgIpc) is 2.54. The van der Waals surface area contributed by atoms with Crippen LogP contribution in [0, 0.1) is 11.2 Å². The van der Waals surface area contributed by atoms with Crippen LogP contribution in [0.25, 0.3) is 0 Å². The topological polar surface area (TPSA) is 75.0 Å². The van der Waals surface area contributed by atoms with E-state index in [-0.39, 0.29) is 6.71 Å². The summed E-state index contributed by atoms with van der Waals surface area (Å²) in [7, 11) is 1.60. The van der Waals surface area contributed by atoms with Gasteiger partial charge in [-0.25, -0.2) is 5.26 Å². The van der Waals surface area contributed by atoms with Crippen molar-refractivity contribution < 1.29 is 9.53 Å². The van der Waals surface area contributed by atoms with Gasteiger partial charge < -0.3 is 10.1 Å². The third kappa shape index (κ3) is 5.31. The van der Waals surface area contributed by atoms with Gasteiger partial charge in [0.15, 0.2) is 0 Å². The number of carbonyl (C=O) groups is 1. The molecule has 0 aliphatic rings. The van der Waals surface area contributed by atoms with Gasteiger partial charge in [0, 0.05) is 35.5 Å². The number of hydrogen-bond donors (Lipinski definition) is 1. The van der Waals surface area contributed by atoms with Crippen molar-refractivity contribution in [3.05, 3.63) is 35.3 Å². The number of methoxy groups -OCH3 is 1. The van der Waals surface area contributed by atoms with Crippen molar-refractivity contribution in [1.29, 1.82) is 5.26 Å². The fourth-order valence-corrected chi connectivity index (χ4v) is 1.86. The molecule has 0 bridgehead atoms. The number of hydrogen-bond acceptors (Lipinski definition) is 5. The molecule has 0 aliphatic heterocycles. The number of aromatic nitrogens is 1. The minimum Gasteiger partial charge on any atom is -0.495 e. The van der Waals surface area contributed by atoms with Crippen molar-refractivity contribution >= 4 is 13.0 Å². The highest BCUT2D eigenvalue weighted by Gasteiger charge is 2.10. The first kappa shape index (κ1) is 16.8. The molecule has 1 heterocycles. The maximum atomic E-state index is 11.0. The quantitative estimate of drug-likeness (QED) is 0.450. The zero-order valence-electron chi connectivity index (χ0n) is 12.7. The van der Waals surface area contributed by atoms with E-state index < -0.39 is 0 Å². The zero-order valence-corrected chi connectivity index (χ0v) is 12.7. The van der Waals surface area contributed by atoms with Gasteiger partial charge in [-0.2, -0.15) is 0 Å². The molecule has 0 atom stereocenters. The van der Waals surface area contributed by atoms with Crippen LogP contribution in [0.3, 0.4) is 0 Å². The molecule has 1 aromatic heterocycles.